The largest absolute Gasteiger partial charge is 0.472 e. The zero-order valence-electron chi connectivity index (χ0n) is 16.1. The summed E-state index contributed by atoms with van der Waals surface area (Å²) in [5, 5.41) is 12.6. The predicted octanol–water partition coefficient (Wildman–Crippen LogP) is 5.74. The average Bonchev–Trinajstić information content (AvgIpc) is 3.21. The zero-order chi connectivity index (χ0) is 18.2. The second kappa shape index (κ2) is 5.67. The Hall–Kier alpha value is -0.670. The Morgan fingerprint density at radius 3 is 2.69 bits per heavy atom. The number of rotatable bonds is 1. The Kier molecular flexibility index (Phi) is 3.80. The van der Waals surface area contributed by atoms with E-state index in [1.54, 1.807) is 11.8 Å². The monoisotopic (exact) mass is 372 g/mol. The van der Waals surface area contributed by atoms with Gasteiger partial charge in [-0.1, -0.05) is 25.5 Å². The normalized spacial score (nSPS) is 50.5. The molecule has 4 aliphatic carbocycles. The van der Waals surface area contributed by atoms with Gasteiger partial charge in [0, 0.05) is 10.7 Å². The van der Waals surface area contributed by atoms with Crippen LogP contribution < -0.4 is 0 Å². The number of aliphatic hydroxyl groups is 1. The first-order chi connectivity index (χ1) is 12.4. The standard InChI is InChI=1S/C23H32O2S/c1-21-9-5-17(26)13-16(21)3-4-20-19(21)6-10-22(2)18(7-11-23(20,22)24)15-8-12-25-14-15/h8,12-14,17-20,24,26H,3-7,9-11H2,1-2H3/t17?,18?,19-,20-,21+,22-,23-/m1/s1. The van der Waals surface area contributed by atoms with Gasteiger partial charge in [-0.3, -0.25) is 0 Å². The molecule has 0 aromatic carbocycles. The molecule has 0 radical (unpaired) electrons. The summed E-state index contributed by atoms with van der Waals surface area (Å²) in [5.41, 5.74) is 2.68. The van der Waals surface area contributed by atoms with Crippen LogP contribution in [0.2, 0.25) is 0 Å². The van der Waals surface area contributed by atoms with E-state index in [1.807, 2.05) is 6.26 Å². The van der Waals surface area contributed by atoms with Crippen molar-refractivity contribution >= 4 is 12.6 Å². The van der Waals surface area contributed by atoms with Crippen molar-refractivity contribution in [3.63, 3.8) is 0 Å². The molecule has 1 heterocycles. The molecule has 0 saturated heterocycles. The highest BCUT2D eigenvalue weighted by atomic mass is 32.1. The van der Waals surface area contributed by atoms with E-state index in [4.69, 9.17) is 17.0 Å². The second-order valence-electron chi connectivity index (χ2n) is 10.00. The van der Waals surface area contributed by atoms with E-state index in [-0.39, 0.29) is 10.8 Å². The number of furan rings is 1. The number of hydrogen-bond donors (Lipinski definition) is 2. The summed E-state index contributed by atoms with van der Waals surface area (Å²) in [4.78, 5) is 0. The van der Waals surface area contributed by atoms with Crippen LogP contribution in [0.3, 0.4) is 0 Å². The quantitative estimate of drug-likeness (QED) is 0.487. The first-order valence-electron chi connectivity index (χ1n) is 10.5. The summed E-state index contributed by atoms with van der Waals surface area (Å²) < 4.78 is 5.39. The molecule has 0 spiro atoms. The molecule has 0 bridgehead atoms. The lowest BCUT2D eigenvalue weighted by atomic mass is 9.45. The van der Waals surface area contributed by atoms with Crippen LogP contribution in [0.15, 0.2) is 34.7 Å². The molecule has 1 aromatic heterocycles. The molecular formula is C23H32O2S. The Labute approximate surface area is 162 Å². The van der Waals surface area contributed by atoms with Crippen molar-refractivity contribution in [1.29, 1.82) is 0 Å². The molecule has 3 fully saturated rings. The Morgan fingerprint density at radius 2 is 1.92 bits per heavy atom. The third-order valence-corrected chi connectivity index (χ3v) is 9.63. The van der Waals surface area contributed by atoms with Crippen molar-refractivity contribution < 1.29 is 9.52 Å². The fraction of sp³-hybridized carbons (Fsp3) is 0.739. The molecular weight excluding hydrogens is 340 g/mol. The third-order valence-electron chi connectivity index (χ3n) is 9.22. The van der Waals surface area contributed by atoms with Gasteiger partial charge in [0.05, 0.1) is 18.1 Å². The van der Waals surface area contributed by atoms with Gasteiger partial charge in [-0.2, -0.15) is 12.6 Å². The molecule has 4 aliphatic rings. The van der Waals surface area contributed by atoms with Crippen LogP contribution in [0, 0.1) is 22.7 Å². The lowest BCUT2D eigenvalue weighted by Gasteiger charge is -2.61. The van der Waals surface area contributed by atoms with Gasteiger partial charge in [0.15, 0.2) is 0 Å². The number of thiol groups is 1. The molecule has 1 aromatic rings. The van der Waals surface area contributed by atoms with Crippen LogP contribution in [-0.4, -0.2) is 16.0 Å². The van der Waals surface area contributed by atoms with Gasteiger partial charge in [0.25, 0.3) is 0 Å². The number of fused-ring (bicyclic) bond motifs is 5. The lowest BCUT2D eigenvalue weighted by molar-refractivity contribution is -0.177. The SMILES string of the molecule is C[C@]12CCC(S)C=C1CC[C@@H]1[C@H]2CC[C@]2(C)C(c3ccoc3)CC[C@@]12O. The van der Waals surface area contributed by atoms with Gasteiger partial charge in [-0.15, -0.1) is 0 Å². The maximum Gasteiger partial charge on any atom is 0.0937 e. The van der Waals surface area contributed by atoms with Gasteiger partial charge in [0.1, 0.15) is 0 Å². The van der Waals surface area contributed by atoms with E-state index in [2.05, 4.69) is 26.0 Å². The maximum atomic E-state index is 12.1. The van der Waals surface area contributed by atoms with Crippen LogP contribution in [0.5, 0.6) is 0 Å². The summed E-state index contributed by atoms with van der Waals surface area (Å²) in [5.74, 6) is 1.51. The molecule has 5 rings (SSSR count). The van der Waals surface area contributed by atoms with E-state index in [0.717, 1.165) is 32.1 Å². The Morgan fingerprint density at radius 1 is 1.08 bits per heavy atom. The van der Waals surface area contributed by atoms with Crippen molar-refractivity contribution in [1.82, 2.24) is 0 Å². The summed E-state index contributed by atoms with van der Waals surface area (Å²) in [6.07, 6.45) is 15.3. The van der Waals surface area contributed by atoms with Crippen LogP contribution in [0.25, 0.3) is 0 Å². The minimum Gasteiger partial charge on any atom is -0.472 e. The van der Waals surface area contributed by atoms with Gasteiger partial charge in [0.2, 0.25) is 0 Å². The van der Waals surface area contributed by atoms with Gasteiger partial charge in [-0.05, 0) is 86.2 Å². The molecule has 0 amide bonds. The van der Waals surface area contributed by atoms with Crippen LogP contribution in [-0.2, 0) is 0 Å². The van der Waals surface area contributed by atoms with Crippen molar-refractivity contribution in [3.8, 4) is 0 Å². The molecule has 3 heteroatoms. The predicted molar refractivity (Wildman–Crippen MR) is 107 cm³/mol. The molecule has 26 heavy (non-hydrogen) atoms. The van der Waals surface area contributed by atoms with Crippen LogP contribution >= 0.6 is 12.6 Å². The molecule has 2 nitrogen and oxygen atoms in total. The van der Waals surface area contributed by atoms with Gasteiger partial charge in [-0.25, -0.2) is 0 Å². The molecule has 3 saturated carbocycles. The highest BCUT2D eigenvalue weighted by Gasteiger charge is 2.66. The molecule has 0 aliphatic heterocycles. The lowest BCUT2D eigenvalue weighted by Crippen LogP contribution is -2.60. The smallest absolute Gasteiger partial charge is 0.0937 e. The molecule has 2 unspecified atom stereocenters. The summed E-state index contributed by atoms with van der Waals surface area (Å²) in [7, 11) is 0. The van der Waals surface area contributed by atoms with Gasteiger partial charge < -0.3 is 9.52 Å². The fourth-order valence-electron chi connectivity index (χ4n) is 7.69. The van der Waals surface area contributed by atoms with Crippen molar-refractivity contribution in [2.75, 3.05) is 0 Å². The Balaban J connectivity index is 1.52. The van der Waals surface area contributed by atoms with E-state index in [9.17, 15) is 5.11 Å². The van der Waals surface area contributed by atoms with E-state index in [0.29, 0.717) is 23.0 Å². The molecule has 1 N–H and O–H groups in total. The first-order valence-corrected chi connectivity index (χ1v) is 11.0. The average molecular weight is 373 g/mol. The summed E-state index contributed by atoms with van der Waals surface area (Å²) in [6, 6.07) is 2.12. The van der Waals surface area contributed by atoms with E-state index >= 15 is 0 Å². The zero-order valence-corrected chi connectivity index (χ0v) is 17.0. The Bertz CT molecular complexity index is 725. The number of hydrogen-bond acceptors (Lipinski definition) is 3. The van der Waals surface area contributed by atoms with Crippen LogP contribution in [0.1, 0.15) is 76.7 Å². The van der Waals surface area contributed by atoms with Crippen molar-refractivity contribution in [2.45, 2.75) is 82.0 Å². The van der Waals surface area contributed by atoms with E-state index < -0.39 is 5.60 Å². The summed E-state index contributed by atoms with van der Waals surface area (Å²) in [6.45, 7) is 4.86. The fourth-order valence-corrected chi connectivity index (χ4v) is 8.00. The van der Waals surface area contributed by atoms with E-state index in [1.165, 1.54) is 24.8 Å². The second-order valence-corrected chi connectivity index (χ2v) is 10.7. The highest BCUT2D eigenvalue weighted by Crippen LogP contribution is 2.70. The topological polar surface area (TPSA) is 33.4 Å². The number of allylic oxidation sites excluding steroid dienone is 1. The van der Waals surface area contributed by atoms with Gasteiger partial charge >= 0.3 is 0 Å². The summed E-state index contributed by atoms with van der Waals surface area (Å²) >= 11 is 4.73. The highest BCUT2D eigenvalue weighted by molar-refractivity contribution is 7.81. The van der Waals surface area contributed by atoms with Crippen LogP contribution in [0.4, 0.5) is 0 Å². The minimum absolute atomic E-state index is 0.0175. The first kappa shape index (κ1) is 17.4. The van der Waals surface area contributed by atoms with Crippen molar-refractivity contribution in [3.05, 3.63) is 35.8 Å². The molecule has 142 valence electrons. The third kappa shape index (κ3) is 2.11. The maximum absolute atomic E-state index is 12.1. The molecule has 7 atom stereocenters. The van der Waals surface area contributed by atoms with Crippen molar-refractivity contribution in [2.24, 2.45) is 22.7 Å². The minimum atomic E-state index is -0.524.